The van der Waals surface area contributed by atoms with Gasteiger partial charge in [0.1, 0.15) is 12.4 Å². The summed E-state index contributed by atoms with van der Waals surface area (Å²) in [6.45, 7) is 5.11. The number of ether oxygens (including phenoxy) is 1. The van der Waals surface area contributed by atoms with Crippen molar-refractivity contribution in [3.8, 4) is 5.75 Å². The van der Waals surface area contributed by atoms with Gasteiger partial charge in [-0.05, 0) is 45.2 Å². The number of nitrogens with one attached hydrogen (secondary N) is 1. The van der Waals surface area contributed by atoms with E-state index in [4.69, 9.17) is 4.74 Å². The Morgan fingerprint density at radius 1 is 1.17 bits per heavy atom. The molecule has 0 spiro atoms. The Hall–Kier alpha value is -1.60. The first-order valence-corrected chi connectivity index (χ1v) is 8.67. The third kappa shape index (κ3) is 8.31. The minimum Gasteiger partial charge on any atom is -0.492 e. The van der Waals surface area contributed by atoms with Gasteiger partial charge in [-0.25, -0.2) is 0 Å². The fourth-order valence-corrected chi connectivity index (χ4v) is 2.24. The summed E-state index contributed by atoms with van der Waals surface area (Å²) in [6, 6.07) is 7.64. The monoisotopic (exact) mass is 399 g/mol. The van der Waals surface area contributed by atoms with Crippen LogP contribution in [0.2, 0.25) is 0 Å². The van der Waals surface area contributed by atoms with Gasteiger partial charge in [0.15, 0.2) is 0 Å². The molecule has 1 aromatic rings. The predicted octanol–water partition coefficient (Wildman–Crippen LogP) is 1.74. The lowest BCUT2D eigenvalue weighted by molar-refractivity contribution is -0.131. The molecular formula is C17H26BrN3O3. The van der Waals surface area contributed by atoms with E-state index in [1.54, 1.807) is 23.9 Å². The summed E-state index contributed by atoms with van der Waals surface area (Å²) in [4.78, 5) is 27.1. The average molecular weight is 400 g/mol. The minimum absolute atomic E-state index is 0.0470. The maximum Gasteiger partial charge on any atom is 0.236 e. The molecule has 24 heavy (non-hydrogen) atoms. The first-order chi connectivity index (χ1) is 11.3. The van der Waals surface area contributed by atoms with E-state index in [9.17, 15) is 9.59 Å². The van der Waals surface area contributed by atoms with Crippen molar-refractivity contribution in [3.63, 3.8) is 0 Å². The third-order valence-electron chi connectivity index (χ3n) is 3.20. The van der Waals surface area contributed by atoms with Crippen LogP contribution in [-0.2, 0) is 9.59 Å². The second-order valence-corrected chi connectivity index (χ2v) is 6.93. The van der Waals surface area contributed by atoms with Gasteiger partial charge >= 0.3 is 0 Å². The fraction of sp³-hybridized carbons (Fsp3) is 0.529. The standard InChI is InChI=1S/C17H26BrN3O3/c1-13(2)19-16(22)11-20(3)12-17(23)21(4)9-10-24-15-7-5-14(18)6-8-15/h5-8,13H,9-12H2,1-4H3,(H,19,22). The zero-order valence-electron chi connectivity index (χ0n) is 14.7. The highest BCUT2D eigenvalue weighted by molar-refractivity contribution is 9.10. The van der Waals surface area contributed by atoms with E-state index >= 15 is 0 Å². The number of benzene rings is 1. The van der Waals surface area contributed by atoms with Crippen LogP contribution in [0.4, 0.5) is 0 Å². The summed E-state index contributed by atoms with van der Waals surface area (Å²) in [5, 5.41) is 2.80. The van der Waals surface area contributed by atoms with Crippen molar-refractivity contribution >= 4 is 27.7 Å². The molecule has 0 aliphatic rings. The smallest absolute Gasteiger partial charge is 0.236 e. The Morgan fingerprint density at radius 2 is 1.79 bits per heavy atom. The highest BCUT2D eigenvalue weighted by atomic mass is 79.9. The van der Waals surface area contributed by atoms with E-state index in [0.29, 0.717) is 13.2 Å². The molecule has 0 saturated carbocycles. The summed E-state index contributed by atoms with van der Waals surface area (Å²) in [5.41, 5.74) is 0. The van der Waals surface area contributed by atoms with E-state index in [-0.39, 0.29) is 30.9 Å². The zero-order chi connectivity index (χ0) is 18.1. The van der Waals surface area contributed by atoms with Crippen LogP contribution in [0.5, 0.6) is 5.75 Å². The summed E-state index contributed by atoms with van der Waals surface area (Å²) in [5.74, 6) is 0.636. The van der Waals surface area contributed by atoms with Crippen LogP contribution in [-0.4, -0.2) is 68.0 Å². The van der Waals surface area contributed by atoms with Gasteiger partial charge in [0.05, 0.1) is 19.6 Å². The highest BCUT2D eigenvalue weighted by Crippen LogP contribution is 2.15. The number of nitrogens with zero attached hydrogens (tertiary/aromatic N) is 2. The second kappa shape index (κ2) is 10.3. The molecule has 134 valence electrons. The topological polar surface area (TPSA) is 61.9 Å². The quantitative estimate of drug-likeness (QED) is 0.686. The molecule has 0 unspecified atom stereocenters. The Morgan fingerprint density at radius 3 is 2.38 bits per heavy atom. The first kappa shape index (κ1) is 20.4. The van der Waals surface area contributed by atoms with E-state index in [0.717, 1.165) is 10.2 Å². The number of likely N-dealkylation sites (N-methyl/N-ethyl adjacent to an activating group) is 2. The Balaban J connectivity index is 2.28. The van der Waals surface area contributed by atoms with Gasteiger partial charge < -0.3 is 15.0 Å². The molecule has 0 aromatic heterocycles. The lowest BCUT2D eigenvalue weighted by Gasteiger charge is -2.22. The number of carbonyl (C=O) groups is 2. The Kier molecular flexibility index (Phi) is 8.78. The number of hydrogen-bond donors (Lipinski definition) is 1. The van der Waals surface area contributed by atoms with Crippen LogP contribution in [0.1, 0.15) is 13.8 Å². The molecule has 0 aliphatic carbocycles. The fourth-order valence-electron chi connectivity index (χ4n) is 1.98. The van der Waals surface area contributed by atoms with Gasteiger partial charge in [0.2, 0.25) is 11.8 Å². The molecule has 0 fully saturated rings. The minimum atomic E-state index is -0.0819. The summed E-state index contributed by atoms with van der Waals surface area (Å²) in [6.07, 6.45) is 0. The molecule has 0 radical (unpaired) electrons. The largest absolute Gasteiger partial charge is 0.492 e. The second-order valence-electron chi connectivity index (χ2n) is 6.01. The van der Waals surface area contributed by atoms with E-state index in [1.165, 1.54) is 0 Å². The summed E-state index contributed by atoms with van der Waals surface area (Å²) in [7, 11) is 3.49. The SMILES string of the molecule is CC(C)NC(=O)CN(C)CC(=O)N(C)CCOc1ccc(Br)cc1. The molecular weight excluding hydrogens is 374 g/mol. The lowest BCUT2D eigenvalue weighted by Crippen LogP contribution is -2.43. The Labute approximate surface area is 152 Å². The molecule has 0 aliphatic heterocycles. The van der Waals surface area contributed by atoms with Crippen LogP contribution >= 0.6 is 15.9 Å². The van der Waals surface area contributed by atoms with E-state index < -0.39 is 0 Å². The van der Waals surface area contributed by atoms with Crippen LogP contribution in [0.3, 0.4) is 0 Å². The molecule has 0 atom stereocenters. The molecule has 1 aromatic carbocycles. The lowest BCUT2D eigenvalue weighted by atomic mass is 10.3. The molecule has 0 bridgehead atoms. The molecule has 1 N–H and O–H groups in total. The van der Waals surface area contributed by atoms with Crippen molar-refractivity contribution in [2.24, 2.45) is 0 Å². The van der Waals surface area contributed by atoms with Gasteiger partial charge in [-0.2, -0.15) is 0 Å². The van der Waals surface area contributed by atoms with E-state index in [1.807, 2.05) is 38.1 Å². The van der Waals surface area contributed by atoms with Crippen molar-refractivity contribution in [3.05, 3.63) is 28.7 Å². The number of halogens is 1. The number of amides is 2. The number of hydrogen-bond acceptors (Lipinski definition) is 4. The van der Waals surface area contributed by atoms with E-state index in [2.05, 4.69) is 21.2 Å². The molecule has 0 heterocycles. The van der Waals surface area contributed by atoms with Crippen molar-refractivity contribution < 1.29 is 14.3 Å². The zero-order valence-corrected chi connectivity index (χ0v) is 16.3. The molecule has 7 heteroatoms. The third-order valence-corrected chi connectivity index (χ3v) is 3.73. The average Bonchev–Trinajstić information content (AvgIpc) is 2.47. The summed E-state index contributed by atoms with van der Waals surface area (Å²) < 4.78 is 6.59. The Bertz CT molecular complexity index is 534. The molecule has 1 rings (SSSR count). The number of rotatable bonds is 9. The molecule has 0 saturated heterocycles. The summed E-state index contributed by atoms with van der Waals surface area (Å²) >= 11 is 3.37. The van der Waals surface area contributed by atoms with Crippen LogP contribution in [0.25, 0.3) is 0 Å². The van der Waals surface area contributed by atoms with Crippen LogP contribution in [0.15, 0.2) is 28.7 Å². The molecule has 6 nitrogen and oxygen atoms in total. The van der Waals surface area contributed by atoms with Gasteiger partial charge in [0, 0.05) is 17.6 Å². The van der Waals surface area contributed by atoms with Crippen molar-refractivity contribution in [2.75, 3.05) is 40.3 Å². The van der Waals surface area contributed by atoms with Crippen molar-refractivity contribution in [1.82, 2.24) is 15.1 Å². The number of carbonyl (C=O) groups excluding carboxylic acids is 2. The first-order valence-electron chi connectivity index (χ1n) is 7.88. The normalized spacial score (nSPS) is 10.8. The van der Waals surface area contributed by atoms with Gasteiger partial charge in [0.25, 0.3) is 0 Å². The van der Waals surface area contributed by atoms with Crippen molar-refractivity contribution in [1.29, 1.82) is 0 Å². The van der Waals surface area contributed by atoms with Gasteiger partial charge in [-0.1, -0.05) is 15.9 Å². The van der Waals surface area contributed by atoms with Crippen LogP contribution < -0.4 is 10.1 Å². The predicted molar refractivity (Wildman–Crippen MR) is 98.0 cm³/mol. The maximum absolute atomic E-state index is 12.1. The van der Waals surface area contributed by atoms with Gasteiger partial charge in [-0.15, -0.1) is 0 Å². The van der Waals surface area contributed by atoms with Gasteiger partial charge in [-0.3, -0.25) is 14.5 Å². The maximum atomic E-state index is 12.1. The molecule has 2 amide bonds. The highest BCUT2D eigenvalue weighted by Gasteiger charge is 2.14. The van der Waals surface area contributed by atoms with Crippen LogP contribution in [0, 0.1) is 0 Å². The van der Waals surface area contributed by atoms with Crippen molar-refractivity contribution in [2.45, 2.75) is 19.9 Å².